The molecule has 9 heteroatoms. The second kappa shape index (κ2) is 8.55. The van der Waals surface area contributed by atoms with Crippen molar-refractivity contribution in [2.24, 2.45) is 0 Å². The van der Waals surface area contributed by atoms with Gasteiger partial charge in [-0.05, 0) is 18.0 Å². The normalized spacial score (nSPS) is 24.6. The number of aromatic amines is 1. The minimum absolute atomic E-state index is 0.118. The molecule has 128 valence electrons. The standard InChI is InChI=1S/C14H19BrN2O6/c1-2-21-8-22-7-11-10(18)5-12(23-11)17-6-9(3-4-15)13(19)16-14(17)20/h3-4,6,10-12,18H,2,5,7-8H2,1H3,(H,16,19,20)/t10-,11+,12+/m0/s1. The number of ether oxygens (including phenoxy) is 3. The largest absolute Gasteiger partial charge is 0.390 e. The highest BCUT2D eigenvalue weighted by Crippen LogP contribution is 2.27. The number of halogens is 1. The smallest absolute Gasteiger partial charge is 0.330 e. The third-order valence-corrected chi connectivity index (χ3v) is 3.67. The third-order valence-electron chi connectivity index (χ3n) is 3.41. The third kappa shape index (κ3) is 4.61. The summed E-state index contributed by atoms with van der Waals surface area (Å²) in [6.45, 7) is 2.66. The molecule has 0 amide bonds. The topological polar surface area (TPSA) is 103 Å². The molecule has 0 saturated carbocycles. The number of aromatic nitrogens is 2. The van der Waals surface area contributed by atoms with E-state index in [-0.39, 0.29) is 19.8 Å². The zero-order chi connectivity index (χ0) is 16.8. The minimum atomic E-state index is -0.768. The summed E-state index contributed by atoms with van der Waals surface area (Å²) in [7, 11) is 0. The first kappa shape index (κ1) is 18.1. The van der Waals surface area contributed by atoms with E-state index in [2.05, 4.69) is 20.9 Å². The van der Waals surface area contributed by atoms with Crippen molar-refractivity contribution in [2.75, 3.05) is 20.0 Å². The number of nitrogens with one attached hydrogen (secondary N) is 1. The second-order valence-electron chi connectivity index (χ2n) is 4.96. The quantitative estimate of drug-likeness (QED) is 0.520. The van der Waals surface area contributed by atoms with Gasteiger partial charge in [0.15, 0.2) is 0 Å². The molecule has 1 aromatic heterocycles. The highest BCUT2D eigenvalue weighted by Gasteiger charge is 2.35. The molecular weight excluding hydrogens is 372 g/mol. The zero-order valence-electron chi connectivity index (χ0n) is 12.6. The van der Waals surface area contributed by atoms with Gasteiger partial charge in [0, 0.05) is 19.2 Å². The highest BCUT2D eigenvalue weighted by molar-refractivity contribution is 9.11. The number of aliphatic hydroxyl groups is 1. The molecule has 2 N–H and O–H groups in total. The van der Waals surface area contributed by atoms with Crippen molar-refractivity contribution >= 4 is 22.0 Å². The van der Waals surface area contributed by atoms with E-state index >= 15 is 0 Å². The van der Waals surface area contributed by atoms with E-state index in [4.69, 9.17) is 14.2 Å². The van der Waals surface area contributed by atoms with Crippen LogP contribution in [0.1, 0.15) is 25.1 Å². The van der Waals surface area contributed by atoms with Crippen molar-refractivity contribution in [3.8, 4) is 0 Å². The SMILES string of the molecule is CCOCOC[C@H]1O[C@@H](n2cc(C=CBr)c(=O)[nH]c2=O)C[C@@H]1O. The lowest BCUT2D eigenvalue weighted by Crippen LogP contribution is -2.33. The van der Waals surface area contributed by atoms with E-state index in [1.54, 1.807) is 0 Å². The minimum Gasteiger partial charge on any atom is -0.390 e. The van der Waals surface area contributed by atoms with Crippen molar-refractivity contribution in [1.29, 1.82) is 0 Å². The maximum atomic E-state index is 12.0. The number of nitrogens with zero attached hydrogens (tertiary/aromatic N) is 1. The summed E-state index contributed by atoms with van der Waals surface area (Å²) in [4.78, 5) is 27.4. The van der Waals surface area contributed by atoms with Crippen LogP contribution in [0.2, 0.25) is 0 Å². The average Bonchev–Trinajstić information content (AvgIpc) is 2.87. The first-order valence-electron chi connectivity index (χ1n) is 7.18. The predicted octanol–water partition coefficient (Wildman–Crippen LogP) is 0.561. The van der Waals surface area contributed by atoms with Gasteiger partial charge in [-0.15, -0.1) is 0 Å². The van der Waals surface area contributed by atoms with Crippen molar-refractivity contribution in [3.63, 3.8) is 0 Å². The molecule has 3 atom stereocenters. The number of hydrogen-bond acceptors (Lipinski definition) is 6. The summed E-state index contributed by atoms with van der Waals surface area (Å²) >= 11 is 3.09. The van der Waals surface area contributed by atoms with Gasteiger partial charge in [0.2, 0.25) is 0 Å². The van der Waals surface area contributed by atoms with E-state index in [1.165, 1.54) is 21.8 Å². The van der Waals surface area contributed by atoms with Gasteiger partial charge in [0.25, 0.3) is 5.56 Å². The Morgan fingerprint density at radius 3 is 3.00 bits per heavy atom. The van der Waals surface area contributed by atoms with Crippen LogP contribution < -0.4 is 11.2 Å². The summed E-state index contributed by atoms with van der Waals surface area (Å²) in [6.07, 6.45) is 1.15. The molecule has 1 aliphatic heterocycles. The number of H-pyrrole nitrogens is 1. The van der Waals surface area contributed by atoms with Crippen molar-refractivity contribution in [3.05, 3.63) is 37.6 Å². The van der Waals surface area contributed by atoms with E-state index in [1.807, 2.05) is 6.92 Å². The molecule has 0 unspecified atom stereocenters. The summed E-state index contributed by atoms with van der Waals surface area (Å²) in [5, 5.41) is 10.0. The van der Waals surface area contributed by atoms with Crippen molar-refractivity contribution in [2.45, 2.75) is 31.8 Å². The first-order valence-corrected chi connectivity index (χ1v) is 8.09. The Morgan fingerprint density at radius 1 is 1.52 bits per heavy atom. The second-order valence-corrected chi connectivity index (χ2v) is 5.49. The summed E-state index contributed by atoms with van der Waals surface area (Å²) in [6, 6.07) is 0. The first-order chi connectivity index (χ1) is 11.1. The molecule has 1 fully saturated rings. The molecule has 0 aliphatic carbocycles. The molecule has 0 spiro atoms. The van der Waals surface area contributed by atoms with Gasteiger partial charge in [-0.2, -0.15) is 0 Å². The Balaban J connectivity index is 2.10. The number of hydrogen-bond donors (Lipinski definition) is 2. The molecule has 1 aromatic rings. The Hall–Kier alpha value is -1.26. The van der Waals surface area contributed by atoms with Crippen LogP contribution in [0.3, 0.4) is 0 Å². The lowest BCUT2D eigenvalue weighted by Gasteiger charge is -2.16. The van der Waals surface area contributed by atoms with Crippen LogP contribution in [0.5, 0.6) is 0 Å². The lowest BCUT2D eigenvalue weighted by molar-refractivity contribution is -0.109. The fraction of sp³-hybridized carbons (Fsp3) is 0.571. The van der Waals surface area contributed by atoms with Gasteiger partial charge in [-0.3, -0.25) is 14.3 Å². The Morgan fingerprint density at radius 2 is 2.30 bits per heavy atom. The summed E-state index contributed by atoms with van der Waals surface area (Å²) in [5.74, 6) is 0. The fourth-order valence-corrected chi connectivity index (χ4v) is 2.53. The van der Waals surface area contributed by atoms with Crippen LogP contribution in [0.25, 0.3) is 6.08 Å². The molecular formula is C14H19BrN2O6. The Labute approximate surface area is 140 Å². The van der Waals surface area contributed by atoms with E-state index < -0.39 is 29.7 Å². The van der Waals surface area contributed by atoms with E-state index in [0.29, 0.717) is 12.2 Å². The van der Waals surface area contributed by atoms with Gasteiger partial charge in [-0.1, -0.05) is 15.9 Å². The fourth-order valence-electron chi connectivity index (χ4n) is 2.24. The molecule has 2 rings (SSSR count). The monoisotopic (exact) mass is 390 g/mol. The van der Waals surface area contributed by atoms with Gasteiger partial charge in [0.1, 0.15) is 19.1 Å². The van der Waals surface area contributed by atoms with Crippen LogP contribution in [0.15, 0.2) is 20.8 Å². The molecule has 23 heavy (non-hydrogen) atoms. The molecule has 0 radical (unpaired) electrons. The van der Waals surface area contributed by atoms with Gasteiger partial charge in [-0.25, -0.2) is 4.79 Å². The van der Waals surface area contributed by atoms with Gasteiger partial charge in [0.05, 0.1) is 18.3 Å². The van der Waals surface area contributed by atoms with Gasteiger partial charge >= 0.3 is 5.69 Å². The van der Waals surface area contributed by atoms with Crippen molar-refractivity contribution < 1.29 is 19.3 Å². The number of rotatable bonds is 7. The lowest BCUT2D eigenvalue weighted by atomic mass is 10.2. The molecule has 2 heterocycles. The van der Waals surface area contributed by atoms with Crippen LogP contribution in [-0.2, 0) is 14.2 Å². The van der Waals surface area contributed by atoms with E-state index in [0.717, 1.165) is 0 Å². The van der Waals surface area contributed by atoms with Gasteiger partial charge < -0.3 is 19.3 Å². The molecule has 0 bridgehead atoms. The predicted molar refractivity (Wildman–Crippen MR) is 86.3 cm³/mol. The number of aliphatic hydroxyl groups excluding tert-OH is 1. The van der Waals surface area contributed by atoms with E-state index in [9.17, 15) is 14.7 Å². The zero-order valence-corrected chi connectivity index (χ0v) is 14.2. The average molecular weight is 391 g/mol. The molecule has 1 saturated heterocycles. The van der Waals surface area contributed by atoms with Crippen LogP contribution in [0.4, 0.5) is 0 Å². The van der Waals surface area contributed by atoms with Crippen molar-refractivity contribution in [1.82, 2.24) is 9.55 Å². The summed E-state index contributed by atoms with van der Waals surface area (Å²) in [5.41, 5.74) is -0.775. The van der Waals surface area contributed by atoms with Crippen LogP contribution in [-0.4, -0.2) is 46.9 Å². The Kier molecular flexibility index (Phi) is 6.72. The summed E-state index contributed by atoms with van der Waals surface area (Å²) < 4.78 is 17.2. The molecule has 8 nitrogen and oxygen atoms in total. The maximum absolute atomic E-state index is 12.0. The van der Waals surface area contributed by atoms with Crippen LogP contribution >= 0.6 is 15.9 Å². The van der Waals surface area contributed by atoms with Crippen LogP contribution in [0, 0.1) is 0 Å². The maximum Gasteiger partial charge on any atom is 0.330 e. The highest BCUT2D eigenvalue weighted by atomic mass is 79.9. The molecule has 0 aromatic carbocycles. The molecule has 1 aliphatic rings. The Bertz CT molecular complexity index is 655.